The van der Waals surface area contributed by atoms with E-state index < -0.39 is 17.4 Å². The Morgan fingerprint density at radius 3 is 2.78 bits per heavy atom. The smallest absolute Gasteiger partial charge is 0.352 e. The minimum Gasteiger partial charge on any atom is -0.383 e. The molecule has 1 aromatic heterocycles. The van der Waals surface area contributed by atoms with Crippen LogP contribution in [0.3, 0.4) is 0 Å². The molecule has 3 rings (SSSR count). The lowest BCUT2D eigenvalue weighted by Crippen LogP contribution is -2.62. The third-order valence-electron chi connectivity index (χ3n) is 5.23. The second kappa shape index (κ2) is 5.85. The number of imidazole rings is 1. The molecule has 7 heteroatoms. The Kier molecular flexibility index (Phi) is 4.16. The standard InChI is InChI=1S/C16H23F2N3O2/c1-20-9-7-19-13(20)10-12-4-2-8-21(11-12)14(22)16(17,18)15(23)5-3-6-15/h7,9,12,23H,2-6,8,10-11H2,1H3. The molecular weight excluding hydrogens is 304 g/mol. The summed E-state index contributed by atoms with van der Waals surface area (Å²) in [5, 5.41) is 9.94. The van der Waals surface area contributed by atoms with Crippen molar-refractivity contribution in [2.45, 2.75) is 50.0 Å². The Morgan fingerprint density at radius 2 is 2.22 bits per heavy atom. The number of hydrogen-bond donors (Lipinski definition) is 1. The van der Waals surface area contributed by atoms with Crippen LogP contribution in [0.2, 0.25) is 0 Å². The summed E-state index contributed by atoms with van der Waals surface area (Å²) < 4.78 is 30.6. The molecule has 23 heavy (non-hydrogen) atoms. The van der Waals surface area contributed by atoms with E-state index in [-0.39, 0.29) is 18.8 Å². The number of carbonyl (C=O) groups is 1. The number of aliphatic hydroxyl groups is 1. The van der Waals surface area contributed by atoms with Gasteiger partial charge in [-0.2, -0.15) is 8.78 Å². The maximum Gasteiger partial charge on any atom is 0.352 e. The van der Waals surface area contributed by atoms with E-state index in [1.807, 2.05) is 17.8 Å². The van der Waals surface area contributed by atoms with Crippen molar-refractivity contribution in [3.63, 3.8) is 0 Å². The average molecular weight is 327 g/mol. The zero-order valence-electron chi connectivity index (χ0n) is 13.3. The van der Waals surface area contributed by atoms with Crippen LogP contribution in [0.5, 0.6) is 0 Å². The van der Waals surface area contributed by atoms with Crippen molar-refractivity contribution in [2.75, 3.05) is 13.1 Å². The van der Waals surface area contributed by atoms with Crippen molar-refractivity contribution in [1.29, 1.82) is 0 Å². The molecule has 5 nitrogen and oxygen atoms in total. The number of hydrogen-bond acceptors (Lipinski definition) is 3. The highest BCUT2D eigenvalue weighted by molar-refractivity contribution is 5.85. The van der Waals surface area contributed by atoms with Gasteiger partial charge in [0, 0.05) is 39.0 Å². The van der Waals surface area contributed by atoms with Gasteiger partial charge in [0.1, 0.15) is 11.4 Å². The molecule has 0 aromatic carbocycles. The molecule has 1 saturated carbocycles. The van der Waals surface area contributed by atoms with Crippen molar-refractivity contribution in [3.05, 3.63) is 18.2 Å². The summed E-state index contributed by atoms with van der Waals surface area (Å²) in [6.45, 7) is 0.638. The van der Waals surface area contributed by atoms with Gasteiger partial charge in [-0.15, -0.1) is 0 Å². The molecule has 0 radical (unpaired) electrons. The Hall–Kier alpha value is -1.50. The molecule has 2 heterocycles. The van der Waals surface area contributed by atoms with Gasteiger partial charge in [-0.1, -0.05) is 0 Å². The number of alkyl halides is 2. The lowest BCUT2D eigenvalue weighted by atomic mass is 9.74. The lowest BCUT2D eigenvalue weighted by molar-refractivity contribution is -0.224. The average Bonchev–Trinajstić information content (AvgIpc) is 2.89. The molecule has 0 spiro atoms. The van der Waals surface area contributed by atoms with E-state index in [4.69, 9.17) is 0 Å². The lowest BCUT2D eigenvalue weighted by Gasteiger charge is -2.44. The van der Waals surface area contributed by atoms with Crippen LogP contribution in [0.1, 0.15) is 37.9 Å². The largest absolute Gasteiger partial charge is 0.383 e. The van der Waals surface area contributed by atoms with Crippen LogP contribution >= 0.6 is 0 Å². The number of rotatable bonds is 4. The molecule has 1 unspecified atom stereocenters. The van der Waals surface area contributed by atoms with Crippen molar-refractivity contribution in [1.82, 2.24) is 14.5 Å². The first kappa shape index (κ1) is 16.4. The second-order valence-electron chi connectivity index (χ2n) is 6.88. The van der Waals surface area contributed by atoms with Crippen molar-refractivity contribution in [3.8, 4) is 0 Å². The van der Waals surface area contributed by atoms with Crippen LogP contribution in [-0.2, 0) is 18.3 Å². The molecule has 2 aliphatic rings. The molecule has 128 valence electrons. The van der Waals surface area contributed by atoms with Crippen molar-refractivity contribution < 1.29 is 18.7 Å². The fourth-order valence-electron chi connectivity index (χ4n) is 3.49. The molecule has 1 aromatic rings. The van der Waals surface area contributed by atoms with Gasteiger partial charge < -0.3 is 14.6 Å². The summed E-state index contributed by atoms with van der Waals surface area (Å²) in [6, 6.07) is 0. The van der Waals surface area contributed by atoms with Gasteiger partial charge in [-0.05, 0) is 38.0 Å². The highest BCUT2D eigenvalue weighted by Crippen LogP contribution is 2.45. The van der Waals surface area contributed by atoms with Crippen LogP contribution in [0.25, 0.3) is 0 Å². The first-order valence-corrected chi connectivity index (χ1v) is 8.19. The molecule has 1 saturated heterocycles. The Balaban J connectivity index is 1.66. The molecule has 2 fully saturated rings. The van der Waals surface area contributed by atoms with Crippen LogP contribution in [0.4, 0.5) is 8.78 Å². The summed E-state index contributed by atoms with van der Waals surface area (Å²) in [5.74, 6) is -3.88. The second-order valence-corrected chi connectivity index (χ2v) is 6.88. The first-order valence-electron chi connectivity index (χ1n) is 8.19. The zero-order chi connectivity index (χ0) is 16.7. The molecule has 0 bridgehead atoms. The summed E-state index contributed by atoms with van der Waals surface area (Å²) >= 11 is 0. The number of aromatic nitrogens is 2. The topological polar surface area (TPSA) is 58.4 Å². The van der Waals surface area contributed by atoms with E-state index in [2.05, 4.69) is 4.98 Å². The molecule has 1 amide bonds. The SMILES string of the molecule is Cn1ccnc1CC1CCCN(C(=O)C(F)(F)C2(O)CCC2)C1. The molecule has 1 aliphatic carbocycles. The number of amides is 1. The summed E-state index contributed by atoms with van der Waals surface area (Å²) in [5.41, 5.74) is -2.14. The van der Waals surface area contributed by atoms with Crippen LogP contribution in [0.15, 0.2) is 12.4 Å². The van der Waals surface area contributed by atoms with E-state index in [1.54, 1.807) is 6.20 Å². The maximum absolute atomic E-state index is 14.3. The summed E-state index contributed by atoms with van der Waals surface area (Å²) in [4.78, 5) is 17.8. The van der Waals surface area contributed by atoms with E-state index in [0.29, 0.717) is 32.4 Å². The summed E-state index contributed by atoms with van der Waals surface area (Å²) in [6.07, 6.45) is 6.36. The number of halogens is 2. The number of nitrogens with zero attached hydrogens (tertiary/aromatic N) is 3. The maximum atomic E-state index is 14.3. The zero-order valence-corrected chi connectivity index (χ0v) is 13.3. The van der Waals surface area contributed by atoms with Gasteiger partial charge in [0.05, 0.1) is 0 Å². The van der Waals surface area contributed by atoms with Crippen molar-refractivity contribution in [2.24, 2.45) is 13.0 Å². The van der Waals surface area contributed by atoms with E-state index in [1.165, 1.54) is 4.90 Å². The number of aryl methyl sites for hydroxylation is 1. The molecular formula is C16H23F2N3O2. The highest BCUT2D eigenvalue weighted by Gasteiger charge is 2.62. The predicted molar refractivity (Wildman–Crippen MR) is 80.0 cm³/mol. The van der Waals surface area contributed by atoms with Crippen molar-refractivity contribution >= 4 is 5.91 Å². The molecule has 1 atom stereocenters. The van der Waals surface area contributed by atoms with Gasteiger partial charge in [0.25, 0.3) is 5.91 Å². The van der Waals surface area contributed by atoms with Gasteiger partial charge in [-0.3, -0.25) is 4.79 Å². The van der Waals surface area contributed by atoms with E-state index >= 15 is 0 Å². The quantitative estimate of drug-likeness (QED) is 0.917. The first-order chi connectivity index (χ1) is 10.8. The normalized spacial score (nSPS) is 24.3. The van der Waals surface area contributed by atoms with Crippen LogP contribution in [-0.4, -0.2) is 50.1 Å². The van der Waals surface area contributed by atoms with Gasteiger partial charge >= 0.3 is 5.92 Å². The number of likely N-dealkylation sites (tertiary alicyclic amines) is 1. The molecule has 1 N–H and O–H groups in total. The molecule has 1 aliphatic heterocycles. The fourth-order valence-corrected chi connectivity index (χ4v) is 3.49. The Morgan fingerprint density at radius 1 is 1.48 bits per heavy atom. The van der Waals surface area contributed by atoms with Crippen LogP contribution < -0.4 is 0 Å². The van der Waals surface area contributed by atoms with E-state index in [0.717, 1.165) is 12.2 Å². The van der Waals surface area contributed by atoms with Gasteiger partial charge in [-0.25, -0.2) is 4.98 Å². The Bertz CT molecular complexity index is 584. The minimum absolute atomic E-state index is 0.00369. The third kappa shape index (κ3) is 2.86. The van der Waals surface area contributed by atoms with Gasteiger partial charge in [0.15, 0.2) is 0 Å². The Labute approximate surface area is 134 Å². The highest BCUT2D eigenvalue weighted by atomic mass is 19.3. The fraction of sp³-hybridized carbons (Fsp3) is 0.750. The summed E-state index contributed by atoms with van der Waals surface area (Å²) in [7, 11) is 1.90. The van der Waals surface area contributed by atoms with E-state index in [9.17, 15) is 18.7 Å². The number of carbonyl (C=O) groups excluding carboxylic acids is 1. The van der Waals surface area contributed by atoms with Gasteiger partial charge in [0.2, 0.25) is 0 Å². The van der Waals surface area contributed by atoms with Crippen LogP contribution in [0, 0.1) is 5.92 Å². The monoisotopic (exact) mass is 327 g/mol. The number of piperidine rings is 1. The third-order valence-corrected chi connectivity index (χ3v) is 5.23. The predicted octanol–water partition coefficient (Wildman–Crippen LogP) is 1.75. The minimum atomic E-state index is -3.68.